The van der Waals surface area contributed by atoms with E-state index < -0.39 is 0 Å². The molecule has 4 nitrogen and oxygen atoms in total. The third-order valence-corrected chi connectivity index (χ3v) is 2.64. The average molecular weight is 294 g/mol. The molecule has 2 aromatic rings. The second-order valence-corrected chi connectivity index (χ2v) is 4.31. The number of rotatable bonds is 4. The van der Waals surface area contributed by atoms with Gasteiger partial charge in [-0.3, -0.25) is 5.32 Å². The van der Waals surface area contributed by atoms with Crippen molar-refractivity contribution < 1.29 is 4.74 Å². The van der Waals surface area contributed by atoms with Crippen molar-refractivity contribution in [1.82, 2.24) is 15.3 Å². The summed E-state index contributed by atoms with van der Waals surface area (Å²) in [6.45, 7) is 0.445. The Kier molecular flexibility index (Phi) is 4.06. The number of ether oxygens (including phenoxy) is 1. The largest absolute Gasteiger partial charge is 0.475 e. The van der Waals surface area contributed by atoms with Gasteiger partial charge in [-0.25, -0.2) is 9.97 Å². The van der Waals surface area contributed by atoms with Gasteiger partial charge in [0.1, 0.15) is 6.73 Å². The molecule has 0 aliphatic carbocycles. The lowest BCUT2D eigenvalue weighted by molar-refractivity contribution is 0.294. The molecule has 0 fully saturated rings. The second-order valence-electron chi connectivity index (χ2n) is 3.39. The Hall–Kier alpha value is -1.46. The number of halogens is 1. The number of nitrogens with one attached hydrogen (secondary N) is 1. The molecule has 0 aliphatic rings. The van der Waals surface area contributed by atoms with Gasteiger partial charge in [0.25, 0.3) is 0 Å². The summed E-state index contributed by atoms with van der Waals surface area (Å²) < 4.78 is 6.36. The van der Waals surface area contributed by atoms with E-state index >= 15 is 0 Å². The van der Waals surface area contributed by atoms with Crippen molar-refractivity contribution in [1.29, 1.82) is 0 Å². The maximum absolute atomic E-state index is 5.32. The van der Waals surface area contributed by atoms with Crippen molar-refractivity contribution >= 4 is 15.9 Å². The molecule has 1 aromatic heterocycles. The quantitative estimate of drug-likeness (QED) is 0.880. The number of aromatic nitrogens is 2. The summed E-state index contributed by atoms with van der Waals surface area (Å²) in [4.78, 5) is 8.50. The summed E-state index contributed by atoms with van der Waals surface area (Å²) in [6.07, 6.45) is 3.34. The van der Waals surface area contributed by atoms with Gasteiger partial charge in [0.05, 0.1) is 12.4 Å². The molecule has 1 N–H and O–H groups in total. The van der Waals surface area contributed by atoms with Gasteiger partial charge in [0, 0.05) is 10.0 Å². The van der Waals surface area contributed by atoms with Gasteiger partial charge in [0.2, 0.25) is 0 Å². The van der Waals surface area contributed by atoms with Gasteiger partial charge < -0.3 is 4.74 Å². The van der Waals surface area contributed by atoms with Gasteiger partial charge in [0.15, 0.2) is 11.6 Å². The van der Waals surface area contributed by atoms with E-state index in [4.69, 9.17) is 4.74 Å². The summed E-state index contributed by atoms with van der Waals surface area (Å²) in [5, 5.41) is 2.89. The Labute approximate surface area is 108 Å². The van der Waals surface area contributed by atoms with Crippen LogP contribution < -0.4 is 10.1 Å². The fraction of sp³-hybridized carbons (Fsp3) is 0.167. The van der Waals surface area contributed by atoms with Gasteiger partial charge >= 0.3 is 0 Å². The van der Waals surface area contributed by atoms with Crippen LogP contribution in [0.4, 0.5) is 0 Å². The molecular weight excluding hydrogens is 282 g/mol. The Morgan fingerprint density at radius 3 is 2.41 bits per heavy atom. The number of benzene rings is 1. The molecule has 17 heavy (non-hydrogen) atoms. The van der Waals surface area contributed by atoms with Gasteiger partial charge in [-0.15, -0.1) is 0 Å². The maximum atomic E-state index is 5.32. The monoisotopic (exact) mass is 293 g/mol. The molecule has 0 spiro atoms. The van der Waals surface area contributed by atoms with E-state index in [1.165, 1.54) is 0 Å². The van der Waals surface area contributed by atoms with Crippen molar-refractivity contribution in [3.05, 3.63) is 41.1 Å². The lowest BCUT2D eigenvalue weighted by atomic mass is 10.2. The minimum Gasteiger partial charge on any atom is -0.475 e. The standard InChI is InChI=1S/C12H12BrN3O/c1-14-8-17-11-6-15-12(16-7-11)9-2-4-10(13)5-3-9/h2-7,14H,8H2,1H3. The maximum Gasteiger partial charge on any atom is 0.159 e. The summed E-state index contributed by atoms with van der Waals surface area (Å²) in [5.41, 5.74) is 0.980. The van der Waals surface area contributed by atoms with Gasteiger partial charge in [-0.1, -0.05) is 28.1 Å². The predicted molar refractivity (Wildman–Crippen MR) is 69.7 cm³/mol. The molecule has 1 aromatic carbocycles. The summed E-state index contributed by atoms with van der Waals surface area (Å²) in [7, 11) is 1.82. The van der Waals surface area contributed by atoms with E-state index in [0.717, 1.165) is 10.0 Å². The summed E-state index contributed by atoms with van der Waals surface area (Å²) >= 11 is 3.39. The Morgan fingerprint density at radius 1 is 1.18 bits per heavy atom. The molecule has 1 heterocycles. The van der Waals surface area contributed by atoms with Crippen LogP contribution in [-0.2, 0) is 0 Å². The highest BCUT2D eigenvalue weighted by atomic mass is 79.9. The van der Waals surface area contributed by atoms with Crippen LogP contribution in [0.15, 0.2) is 41.1 Å². The first-order valence-corrected chi connectivity index (χ1v) is 5.94. The third-order valence-electron chi connectivity index (χ3n) is 2.11. The lowest BCUT2D eigenvalue weighted by Crippen LogP contribution is -2.14. The van der Waals surface area contributed by atoms with E-state index in [0.29, 0.717) is 18.3 Å². The molecule has 0 amide bonds. The van der Waals surface area contributed by atoms with Crippen LogP contribution in [0.1, 0.15) is 0 Å². The third kappa shape index (κ3) is 3.25. The highest BCUT2D eigenvalue weighted by Gasteiger charge is 2.01. The van der Waals surface area contributed by atoms with E-state index in [2.05, 4.69) is 31.2 Å². The van der Waals surface area contributed by atoms with Crippen molar-refractivity contribution in [2.45, 2.75) is 0 Å². The van der Waals surface area contributed by atoms with Crippen molar-refractivity contribution in [2.24, 2.45) is 0 Å². The topological polar surface area (TPSA) is 47.0 Å². The van der Waals surface area contributed by atoms with Crippen LogP contribution in [0.25, 0.3) is 11.4 Å². The van der Waals surface area contributed by atoms with Crippen LogP contribution in [0.2, 0.25) is 0 Å². The number of hydrogen-bond acceptors (Lipinski definition) is 4. The highest BCUT2D eigenvalue weighted by Crippen LogP contribution is 2.19. The van der Waals surface area contributed by atoms with Crippen LogP contribution in [0.5, 0.6) is 5.75 Å². The molecule has 88 valence electrons. The smallest absolute Gasteiger partial charge is 0.159 e. The molecule has 0 saturated heterocycles. The first-order valence-electron chi connectivity index (χ1n) is 5.15. The predicted octanol–water partition coefficient (Wildman–Crippen LogP) is 2.46. The fourth-order valence-corrected chi connectivity index (χ4v) is 1.56. The van der Waals surface area contributed by atoms with Crippen LogP contribution in [0.3, 0.4) is 0 Å². The van der Waals surface area contributed by atoms with Crippen LogP contribution in [0, 0.1) is 0 Å². The molecule has 5 heteroatoms. The molecule has 2 rings (SSSR count). The fourth-order valence-electron chi connectivity index (χ4n) is 1.29. The normalized spacial score (nSPS) is 10.2. The van der Waals surface area contributed by atoms with Gasteiger partial charge in [-0.05, 0) is 19.2 Å². The molecule has 0 bridgehead atoms. The molecule has 0 saturated carbocycles. The minimum absolute atomic E-state index is 0.445. The van der Waals surface area contributed by atoms with Crippen molar-refractivity contribution in [3.63, 3.8) is 0 Å². The minimum atomic E-state index is 0.445. The first-order chi connectivity index (χ1) is 8.29. The Balaban J connectivity index is 2.14. The van der Waals surface area contributed by atoms with E-state index in [9.17, 15) is 0 Å². The summed E-state index contributed by atoms with van der Waals surface area (Å²) in [6, 6.07) is 7.86. The molecule has 0 unspecified atom stereocenters. The lowest BCUT2D eigenvalue weighted by Gasteiger charge is -2.05. The van der Waals surface area contributed by atoms with E-state index in [1.54, 1.807) is 12.4 Å². The van der Waals surface area contributed by atoms with E-state index in [-0.39, 0.29) is 0 Å². The summed E-state index contributed by atoms with van der Waals surface area (Å²) in [5.74, 6) is 1.34. The first kappa shape index (κ1) is 12.0. The zero-order valence-corrected chi connectivity index (χ0v) is 10.9. The molecular formula is C12H12BrN3O. The number of nitrogens with zero attached hydrogens (tertiary/aromatic N) is 2. The molecule has 0 aliphatic heterocycles. The SMILES string of the molecule is CNCOc1cnc(-c2ccc(Br)cc2)nc1. The molecule has 0 radical (unpaired) electrons. The van der Waals surface area contributed by atoms with Gasteiger partial charge in [-0.2, -0.15) is 0 Å². The average Bonchev–Trinajstić information content (AvgIpc) is 2.38. The van der Waals surface area contributed by atoms with Crippen LogP contribution in [-0.4, -0.2) is 23.7 Å². The van der Waals surface area contributed by atoms with Crippen molar-refractivity contribution in [3.8, 4) is 17.1 Å². The highest BCUT2D eigenvalue weighted by molar-refractivity contribution is 9.10. The van der Waals surface area contributed by atoms with Crippen LogP contribution >= 0.6 is 15.9 Å². The second kappa shape index (κ2) is 5.75. The zero-order chi connectivity index (χ0) is 12.1. The van der Waals surface area contributed by atoms with Crippen molar-refractivity contribution in [2.75, 3.05) is 13.8 Å². The van der Waals surface area contributed by atoms with E-state index in [1.807, 2.05) is 31.3 Å². The number of hydrogen-bond donors (Lipinski definition) is 1. The zero-order valence-electron chi connectivity index (χ0n) is 9.35. The Morgan fingerprint density at radius 2 is 1.82 bits per heavy atom. The Bertz CT molecular complexity index is 470. The molecule has 0 atom stereocenters.